The second kappa shape index (κ2) is 48.3. The molecule has 0 saturated heterocycles. The van der Waals surface area contributed by atoms with Gasteiger partial charge in [-0.15, -0.1) is 5.10 Å². The van der Waals surface area contributed by atoms with Gasteiger partial charge in [0.05, 0.1) is 0 Å². The van der Waals surface area contributed by atoms with E-state index in [1.807, 2.05) is 92.7 Å². The molecule has 3 aliphatic carbocycles. The first kappa shape index (κ1) is 84.5. The Morgan fingerprint density at radius 2 is 0.977 bits per heavy atom. The average molecular weight is 1200 g/mol. The number of benzene rings is 3. The maximum atomic E-state index is 11.5. The van der Waals surface area contributed by atoms with Crippen molar-refractivity contribution in [3.05, 3.63) is 183 Å². The van der Waals surface area contributed by atoms with Crippen molar-refractivity contribution in [1.82, 2.24) is 9.91 Å². The number of hydrogen-bond acceptors (Lipinski definition) is 8. The van der Waals surface area contributed by atoms with E-state index >= 15 is 0 Å². The third-order valence-corrected chi connectivity index (χ3v) is 13.2. The molecule has 0 fully saturated rings. The van der Waals surface area contributed by atoms with Gasteiger partial charge in [-0.1, -0.05) is 274 Å². The predicted octanol–water partition coefficient (Wildman–Crippen LogP) is 21.3. The minimum atomic E-state index is -0.129. The molecule has 2 amide bonds. The Kier molecular flexibility index (Phi) is 46.9. The summed E-state index contributed by atoms with van der Waals surface area (Å²) in [5.74, 6) is 5.15. The van der Waals surface area contributed by atoms with Crippen molar-refractivity contribution < 1.29 is 28.7 Å². The number of aryl methyl sites for hydroxylation is 2. The molecule has 9 nitrogen and oxygen atoms in total. The van der Waals surface area contributed by atoms with Crippen molar-refractivity contribution in [1.29, 1.82) is 0 Å². The number of ether oxygens (including phenoxy) is 1. The van der Waals surface area contributed by atoms with Gasteiger partial charge in [-0.05, 0) is 122 Å². The van der Waals surface area contributed by atoms with Crippen LogP contribution in [0.5, 0.6) is 0 Å². The highest BCUT2D eigenvalue weighted by molar-refractivity contribution is 6.22. The van der Waals surface area contributed by atoms with Crippen LogP contribution < -0.4 is 0 Å². The summed E-state index contributed by atoms with van der Waals surface area (Å²) in [6.07, 6.45) is 21.5. The van der Waals surface area contributed by atoms with Gasteiger partial charge in [0.1, 0.15) is 0 Å². The molecule has 5 aliphatic rings. The van der Waals surface area contributed by atoms with E-state index in [0.717, 1.165) is 54.2 Å². The summed E-state index contributed by atoms with van der Waals surface area (Å²) in [6.45, 7) is 61.1. The molecule has 0 radical (unpaired) electrons. The minimum absolute atomic E-state index is 0.0353. The van der Waals surface area contributed by atoms with Crippen LogP contribution in [0, 0.1) is 35.5 Å². The van der Waals surface area contributed by atoms with Crippen LogP contribution in [-0.2, 0) is 33.6 Å². The van der Waals surface area contributed by atoms with Crippen LogP contribution in [0.3, 0.4) is 0 Å². The SMILES string of the molecule is C=C1C=Cc2ccccc2C1=O.C=C1OC(C)=NN1CC(C)C.CC.CC.CC.CC(C)CC1=CC=CC1.CC1=C(C)C(=O)N(CC(C)C)C1=O.CCC(C)C.CCC(C)C.CCc1ccc(CC(C)C)cc1CC.O=C1C=CC(=O)c2ccccc21. The maximum Gasteiger partial charge on any atom is 0.256 e. The molecular weight excluding hydrogens is 1070 g/mol. The fourth-order valence-corrected chi connectivity index (χ4v) is 7.96. The van der Waals surface area contributed by atoms with Crippen molar-refractivity contribution in [3.63, 3.8) is 0 Å². The number of fused-ring (bicyclic) bond motifs is 2. The summed E-state index contributed by atoms with van der Waals surface area (Å²) in [5, 5.41) is 5.93. The third-order valence-electron chi connectivity index (χ3n) is 13.2. The van der Waals surface area contributed by atoms with E-state index in [2.05, 4.69) is 152 Å². The quantitative estimate of drug-likeness (QED) is 0.131. The van der Waals surface area contributed by atoms with Gasteiger partial charge in [-0.25, -0.2) is 5.01 Å². The van der Waals surface area contributed by atoms with Gasteiger partial charge in [0, 0.05) is 53.4 Å². The van der Waals surface area contributed by atoms with E-state index in [1.54, 1.807) is 54.8 Å². The zero-order valence-electron chi connectivity index (χ0n) is 59.4. The molecule has 3 aromatic rings. The van der Waals surface area contributed by atoms with Crippen molar-refractivity contribution in [2.45, 2.75) is 218 Å². The predicted molar refractivity (Wildman–Crippen MR) is 377 cm³/mol. The normalized spacial score (nSPS) is 13.8. The van der Waals surface area contributed by atoms with E-state index in [4.69, 9.17) is 4.74 Å². The Labute approximate surface area is 532 Å². The zero-order valence-corrected chi connectivity index (χ0v) is 59.4. The van der Waals surface area contributed by atoms with E-state index in [1.165, 1.54) is 65.8 Å². The first-order valence-electron chi connectivity index (χ1n) is 32.7. The van der Waals surface area contributed by atoms with Crippen LogP contribution in [0.4, 0.5) is 0 Å². The zero-order chi connectivity index (χ0) is 67.5. The molecule has 0 atom stereocenters. The number of ketones is 3. The van der Waals surface area contributed by atoms with E-state index in [0.29, 0.717) is 58.0 Å². The number of imide groups is 1. The highest BCUT2D eigenvalue weighted by atomic mass is 16.5. The van der Waals surface area contributed by atoms with E-state index < -0.39 is 0 Å². The number of carbonyl (C=O) groups excluding carboxylic acids is 5. The Bertz CT molecular complexity index is 2660. The topological polar surface area (TPSA) is 113 Å². The van der Waals surface area contributed by atoms with E-state index in [-0.39, 0.29) is 29.2 Å². The number of nitrogens with zero attached hydrogens (tertiary/aromatic N) is 3. The Balaban J connectivity index is -0.000000930. The van der Waals surface area contributed by atoms with E-state index in [9.17, 15) is 24.0 Å². The molecule has 0 spiro atoms. The molecule has 0 bridgehead atoms. The summed E-state index contributed by atoms with van der Waals surface area (Å²) >= 11 is 0. The van der Waals surface area contributed by atoms with Gasteiger partial charge in [-0.2, -0.15) is 0 Å². The van der Waals surface area contributed by atoms with Crippen molar-refractivity contribution in [2.75, 3.05) is 13.1 Å². The van der Waals surface area contributed by atoms with Crippen molar-refractivity contribution in [3.8, 4) is 0 Å². The highest BCUT2D eigenvalue weighted by Crippen LogP contribution is 2.23. The number of hydrazone groups is 1. The second-order valence-corrected chi connectivity index (χ2v) is 23.4. The largest absolute Gasteiger partial charge is 0.424 e. The summed E-state index contributed by atoms with van der Waals surface area (Å²) in [4.78, 5) is 58.2. The van der Waals surface area contributed by atoms with Crippen LogP contribution in [0.1, 0.15) is 252 Å². The Hall–Kier alpha value is -6.74. The molecule has 0 N–H and O–H groups in total. The van der Waals surface area contributed by atoms with Gasteiger partial charge >= 0.3 is 0 Å². The molecular formula is C78H121N3O6. The van der Waals surface area contributed by atoms with Gasteiger partial charge in [-0.3, -0.25) is 28.9 Å². The smallest absolute Gasteiger partial charge is 0.256 e. The molecule has 0 unspecified atom stereocenters. The van der Waals surface area contributed by atoms with Crippen LogP contribution >= 0.6 is 0 Å². The van der Waals surface area contributed by atoms with Gasteiger partial charge in [0.25, 0.3) is 11.8 Å². The highest BCUT2D eigenvalue weighted by Gasteiger charge is 2.33. The molecule has 484 valence electrons. The second-order valence-electron chi connectivity index (χ2n) is 23.4. The molecule has 3 aromatic carbocycles. The molecule has 87 heavy (non-hydrogen) atoms. The van der Waals surface area contributed by atoms with Gasteiger partial charge < -0.3 is 4.74 Å². The lowest BCUT2D eigenvalue weighted by Crippen LogP contribution is -2.34. The van der Waals surface area contributed by atoms with Crippen LogP contribution in [-0.4, -0.2) is 58.1 Å². The summed E-state index contributed by atoms with van der Waals surface area (Å²) in [6, 6.07) is 21.4. The molecule has 9 heteroatoms. The Morgan fingerprint density at radius 3 is 1.36 bits per heavy atom. The number of allylic oxidation sites excluding steroid dienone is 8. The van der Waals surface area contributed by atoms with Crippen LogP contribution in [0.2, 0.25) is 0 Å². The number of Topliss-reactive ketones (excluding diaryl/α,β-unsaturated/α-hetero) is 1. The minimum Gasteiger partial charge on any atom is -0.424 e. The lowest BCUT2D eigenvalue weighted by Gasteiger charge is -2.16. The van der Waals surface area contributed by atoms with Gasteiger partial charge in [0.2, 0.25) is 11.8 Å². The Morgan fingerprint density at radius 1 is 0.529 bits per heavy atom. The fourth-order valence-electron chi connectivity index (χ4n) is 7.96. The molecule has 0 aromatic heterocycles. The lowest BCUT2D eigenvalue weighted by molar-refractivity contribution is -0.138. The molecule has 0 saturated carbocycles. The fraction of sp³-hybridized carbons (Fsp3) is 0.513. The first-order chi connectivity index (χ1) is 41.1. The maximum absolute atomic E-state index is 11.5. The van der Waals surface area contributed by atoms with Crippen molar-refractivity contribution in [2.24, 2.45) is 40.6 Å². The standard InChI is InChI=1S/C14H22.C11H8O.C10H15NO2.C10H6O2.C9H14.C8H14N2O.2C5H12.3C2H6/c1-5-13-8-7-12(9-11(3)4)10-14(13)6-2;1-8-6-7-9-4-2-3-5-10(9)11(8)12;1-6(2)5-11-9(12)7(3)8(4)10(11)13;11-9-5-6-10(12)8-4-2-1-3-7(8)9;1-8(2)7-9-5-3-4-6-9;1-6(2)5-10-8(4)11-7(3)9-10;2*1-4-5(2)3;3*1-2/h7-8,10-11H,5-6,9H2,1-4H3;2-7H,1H2;6H,5H2,1-4H3;1-6H;3-5,8H,6-7H2,1-2H3;6H,4-5H2,1-3H3;2*5H,4H2,1-3H3;3*1-2H3. The number of hydrogen-bond donors (Lipinski definition) is 0. The molecule has 2 aliphatic heterocycles. The van der Waals surface area contributed by atoms with Crippen molar-refractivity contribution >= 4 is 41.1 Å². The van der Waals surface area contributed by atoms with Gasteiger partial charge in [0.15, 0.2) is 17.3 Å². The molecule has 8 rings (SSSR count). The summed E-state index contributed by atoms with van der Waals surface area (Å²) < 4.78 is 5.16. The van der Waals surface area contributed by atoms with Crippen LogP contribution in [0.25, 0.3) is 6.08 Å². The summed E-state index contributed by atoms with van der Waals surface area (Å²) in [7, 11) is 0. The number of carbonyl (C=O) groups is 5. The average Bonchev–Trinajstić information content (AvgIpc) is 3.27. The lowest BCUT2D eigenvalue weighted by atomic mass is 9.94. The summed E-state index contributed by atoms with van der Waals surface area (Å²) in [5.41, 5.74) is 10.6. The first-order valence-corrected chi connectivity index (χ1v) is 32.7. The number of amides is 2. The third kappa shape index (κ3) is 34.4. The number of rotatable bonds is 12. The monoisotopic (exact) mass is 1200 g/mol. The van der Waals surface area contributed by atoms with Crippen LogP contribution in [0.15, 0.2) is 150 Å². The molecule has 2 heterocycles.